The summed E-state index contributed by atoms with van der Waals surface area (Å²) in [4.78, 5) is 41.2. The average Bonchev–Trinajstić information content (AvgIpc) is 2.81. The van der Waals surface area contributed by atoms with Gasteiger partial charge in [0.2, 0.25) is 5.91 Å². The first-order chi connectivity index (χ1) is 15.0. The van der Waals surface area contributed by atoms with Gasteiger partial charge in [0, 0.05) is 43.1 Å². The van der Waals surface area contributed by atoms with Crippen LogP contribution in [0.5, 0.6) is 0 Å². The Bertz CT molecular complexity index is 895. The molecule has 0 bridgehead atoms. The first-order valence-corrected chi connectivity index (χ1v) is 10.8. The van der Waals surface area contributed by atoms with Crippen molar-refractivity contribution in [2.45, 2.75) is 26.7 Å². The van der Waals surface area contributed by atoms with Crippen molar-refractivity contribution in [2.24, 2.45) is 5.92 Å². The number of piperidine rings is 1. The second kappa shape index (κ2) is 10.6. The Kier molecular flexibility index (Phi) is 7.65. The predicted molar refractivity (Wildman–Crippen MR) is 122 cm³/mol. The standard InChI is InChI=1S/C24H30N4O3/c1-3-27(4-2)23(30)18-12-14-21(15-13-18)25-22(29)19-9-8-16-28(17-19)24(31)26-20-10-6-5-7-11-20/h5-7,10-15,19H,3-4,8-9,16-17H2,1-2H3,(H,25,29)(H,26,31). The Hall–Kier alpha value is -3.35. The van der Waals surface area contributed by atoms with Gasteiger partial charge in [-0.2, -0.15) is 0 Å². The molecule has 164 valence electrons. The van der Waals surface area contributed by atoms with Gasteiger partial charge in [0.1, 0.15) is 0 Å². The molecule has 0 saturated carbocycles. The zero-order chi connectivity index (χ0) is 22.2. The van der Waals surface area contributed by atoms with E-state index >= 15 is 0 Å². The largest absolute Gasteiger partial charge is 0.339 e. The number of nitrogens with one attached hydrogen (secondary N) is 2. The molecule has 7 nitrogen and oxygen atoms in total. The molecule has 3 rings (SSSR count). The van der Waals surface area contributed by atoms with Gasteiger partial charge in [-0.1, -0.05) is 18.2 Å². The minimum atomic E-state index is -0.271. The summed E-state index contributed by atoms with van der Waals surface area (Å²) in [5.74, 6) is -0.400. The minimum Gasteiger partial charge on any atom is -0.339 e. The average molecular weight is 423 g/mol. The molecule has 0 aliphatic carbocycles. The van der Waals surface area contributed by atoms with E-state index in [2.05, 4.69) is 10.6 Å². The van der Waals surface area contributed by atoms with Gasteiger partial charge in [-0.15, -0.1) is 0 Å². The lowest BCUT2D eigenvalue weighted by atomic mass is 9.97. The lowest BCUT2D eigenvalue weighted by Gasteiger charge is -2.32. The highest BCUT2D eigenvalue weighted by Crippen LogP contribution is 2.20. The topological polar surface area (TPSA) is 81.8 Å². The van der Waals surface area contributed by atoms with Crippen LogP contribution in [-0.4, -0.2) is 53.8 Å². The third-order valence-corrected chi connectivity index (χ3v) is 5.55. The molecule has 1 aliphatic rings. The van der Waals surface area contributed by atoms with Crippen LogP contribution in [0.3, 0.4) is 0 Å². The highest BCUT2D eigenvalue weighted by atomic mass is 16.2. The molecule has 2 aromatic rings. The van der Waals surface area contributed by atoms with Crippen LogP contribution in [0, 0.1) is 5.92 Å². The maximum Gasteiger partial charge on any atom is 0.321 e. The van der Waals surface area contributed by atoms with Crippen molar-refractivity contribution >= 4 is 29.2 Å². The van der Waals surface area contributed by atoms with E-state index in [0.29, 0.717) is 37.4 Å². The summed E-state index contributed by atoms with van der Waals surface area (Å²) in [6.45, 7) is 6.22. The number of para-hydroxylation sites is 1. The first-order valence-electron chi connectivity index (χ1n) is 10.8. The van der Waals surface area contributed by atoms with Gasteiger partial charge < -0.3 is 20.4 Å². The van der Waals surface area contributed by atoms with E-state index < -0.39 is 0 Å². The highest BCUT2D eigenvalue weighted by molar-refractivity contribution is 5.96. The Balaban J connectivity index is 1.56. The second-order valence-electron chi connectivity index (χ2n) is 7.63. The molecule has 31 heavy (non-hydrogen) atoms. The lowest BCUT2D eigenvalue weighted by Crippen LogP contribution is -2.45. The van der Waals surface area contributed by atoms with Gasteiger partial charge in [-0.25, -0.2) is 4.79 Å². The first kappa shape index (κ1) is 22.3. The Morgan fingerprint density at radius 1 is 0.935 bits per heavy atom. The maximum atomic E-state index is 12.8. The molecule has 1 unspecified atom stereocenters. The smallest absolute Gasteiger partial charge is 0.321 e. The van der Waals surface area contributed by atoms with Crippen LogP contribution in [0.1, 0.15) is 37.0 Å². The van der Waals surface area contributed by atoms with Gasteiger partial charge in [0.15, 0.2) is 0 Å². The van der Waals surface area contributed by atoms with E-state index in [-0.39, 0.29) is 23.8 Å². The van der Waals surface area contributed by atoms with Gasteiger partial charge in [0.25, 0.3) is 5.91 Å². The molecular formula is C24H30N4O3. The molecule has 0 spiro atoms. The number of hydrogen-bond donors (Lipinski definition) is 2. The molecule has 1 atom stereocenters. The van der Waals surface area contributed by atoms with E-state index in [1.54, 1.807) is 34.1 Å². The summed E-state index contributed by atoms with van der Waals surface area (Å²) in [6.07, 6.45) is 1.51. The van der Waals surface area contributed by atoms with E-state index in [4.69, 9.17) is 0 Å². The Labute approximate surface area is 183 Å². The van der Waals surface area contributed by atoms with Crippen molar-refractivity contribution in [3.63, 3.8) is 0 Å². The number of anilines is 2. The van der Waals surface area contributed by atoms with Crippen molar-refractivity contribution < 1.29 is 14.4 Å². The van der Waals surface area contributed by atoms with Gasteiger partial charge in [-0.3, -0.25) is 9.59 Å². The van der Waals surface area contributed by atoms with Crippen molar-refractivity contribution in [2.75, 3.05) is 36.8 Å². The molecule has 1 saturated heterocycles. The number of nitrogens with zero attached hydrogens (tertiary/aromatic N) is 2. The summed E-state index contributed by atoms with van der Waals surface area (Å²) in [7, 11) is 0. The zero-order valence-electron chi connectivity index (χ0n) is 18.1. The van der Waals surface area contributed by atoms with E-state index in [9.17, 15) is 14.4 Å². The fourth-order valence-electron chi connectivity index (χ4n) is 3.73. The number of rotatable bonds is 6. The summed E-state index contributed by atoms with van der Waals surface area (Å²) in [5.41, 5.74) is 1.98. The number of hydrogen-bond acceptors (Lipinski definition) is 3. The molecule has 7 heteroatoms. The predicted octanol–water partition coefficient (Wildman–Crippen LogP) is 4.05. The van der Waals surface area contributed by atoms with E-state index in [1.165, 1.54) is 0 Å². The van der Waals surface area contributed by atoms with Crippen molar-refractivity contribution in [3.05, 3.63) is 60.2 Å². The zero-order valence-corrected chi connectivity index (χ0v) is 18.1. The van der Waals surface area contributed by atoms with Crippen LogP contribution in [0.25, 0.3) is 0 Å². The molecule has 1 aliphatic heterocycles. The molecule has 4 amide bonds. The molecule has 1 fully saturated rings. The van der Waals surface area contributed by atoms with Crippen LogP contribution in [0.15, 0.2) is 54.6 Å². The van der Waals surface area contributed by atoms with Gasteiger partial charge in [-0.05, 0) is 63.1 Å². The number of benzene rings is 2. The number of urea groups is 1. The summed E-state index contributed by atoms with van der Waals surface area (Å²) in [6, 6.07) is 16.1. The van der Waals surface area contributed by atoms with E-state index in [0.717, 1.165) is 18.5 Å². The lowest BCUT2D eigenvalue weighted by molar-refractivity contribution is -0.121. The maximum absolute atomic E-state index is 12.8. The summed E-state index contributed by atoms with van der Waals surface area (Å²) in [5, 5.41) is 5.80. The van der Waals surface area contributed by atoms with Crippen molar-refractivity contribution in [3.8, 4) is 0 Å². The van der Waals surface area contributed by atoms with Crippen LogP contribution in [0.4, 0.5) is 16.2 Å². The molecule has 2 N–H and O–H groups in total. The number of likely N-dealkylation sites (tertiary alicyclic amines) is 1. The SMILES string of the molecule is CCN(CC)C(=O)c1ccc(NC(=O)C2CCCN(C(=O)Nc3ccccc3)C2)cc1. The fourth-order valence-corrected chi connectivity index (χ4v) is 3.73. The number of carbonyl (C=O) groups is 3. The third-order valence-electron chi connectivity index (χ3n) is 5.55. The molecule has 1 heterocycles. The van der Waals surface area contributed by atoms with Crippen LogP contribution in [-0.2, 0) is 4.79 Å². The Morgan fingerprint density at radius 2 is 1.58 bits per heavy atom. The number of carbonyl (C=O) groups excluding carboxylic acids is 3. The molecule has 0 aromatic heterocycles. The van der Waals surface area contributed by atoms with Gasteiger partial charge in [0.05, 0.1) is 5.92 Å². The Morgan fingerprint density at radius 3 is 2.23 bits per heavy atom. The molecular weight excluding hydrogens is 392 g/mol. The highest BCUT2D eigenvalue weighted by Gasteiger charge is 2.28. The van der Waals surface area contributed by atoms with Crippen molar-refractivity contribution in [1.82, 2.24) is 9.80 Å². The molecule has 0 radical (unpaired) electrons. The quantitative estimate of drug-likeness (QED) is 0.737. The second-order valence-corrected chi connectivity index (χ2v) is 7.63. The summed E-state index contributed by atoms with van der Waals surface area (Å²) >= 11 is 0. The van der Waals surface area contributed by atoms with Crippen LogP contribution in [0.2, 0.25) is 0 Å². The summed E-state index contributed by atoms with van der Waals surface area (Å²) < 4.78 is 0. The van der Waals surface area contributed by atoms with Gasteiger partial charge >= 0.3 is 6.03 Å². The van der Waals surface area contributed by atoms with Crippen LogP contribution >= 0.6 is 0 Å². The third kappa shape index (κ3) is 5.84. The monoisotopic (exact) mass is 422 g/mol. The van der Waals surface area contributed by atoms with Crippen LogP contribution < -0.4 is 10.6 Å². The normalized spacial score (nSPS) is 15.8. The minimum absolute atomic E-state index is 0.0183. The number of amides is 4. The molecule has 2 aromatic carbocycles. The van der Waals surface area contributed by atoms with E-state index in [1.807, 2.05) is 44.2 Å². The van der Waals surface area contributed by atoms with Crippen molar-refractivity contribution in [1.29, 1.82) is 0 Å². The fraction of sp³-hybridized carbons (Fsp3) is 0.375.